The molecule has 0 heterocycles. The van der Waals surface area contributed by atoms with Gasteiger partial charge in [0.2, 0.25) is 0 Å². The van der Waals surface area contributed by atoms with Crippen LogP contribution in [0.4, 0.5) is 0 Å². The van der Waals surface area contributed by atoms with Gasteiger partial charge in [0.15, 0.2) is 6.10 Å². The molecule has 0 fully saturated rings. The van der Waals surface area contributed by atoms with Crippen LogP contribution >= 0.6 is 0 Å². The van der Waals surface area contributed by atoms with Gasteiger partial charge in [0.1, 0.15) is 13.2 Å². The van der Waals surface area contributed by atoms with Gasteiger partial charge in [-0.2, -0.15) is 0 Å². The normalized spacial score (nSPS) is 12.3. The Hall–Kier alpha value is -2.63. The molecule has 0 bridgehead atoms. The van der Waals surface area contributed by atoms with Crippen LogP contribution in [0.3, 0.4) is 0 Å². The van der Waals surface area contributed by atoms with E-state index in [1.807, 2.05) is 0 Å². The van der Waals surface area contributed by atoms with E-state index in [4.69, 9.17) is 14.2 Å². The first-order valence-corrected chi connectivity index (χ1v) is 36.1. The molecule has 1 atom stereocenters. The number of hydrogen-bond donors (Lipinski definition) is 0. The molecule has 6 heteroatoms. The van der Waals surface area contributed by atoms with Crippen LogP contribution in [0.1, 0.15) is 393 Å². The van der Waals surface area contributed by atoms with E-state index >= 15 is 0 Å². The van der Waals surface area contributed by atoms with Gasteiger partial charge in [-0.25, -0.2) is 0 Å². The summed E-state index contributed by atoms with van der Waals surface area (Å²) >= 11 is 0. The fourth-order valence-corrected chi connectivity index (χ4v) is 10.9. The summed E-state index contributed by atoms with van der Waals surface area (Å²) < 4.78 is 17.0. The van der Waals surface area contributed by atoms with E-state index in [2.05, 4.69) is 69.4 Å². The first-order chi connectivity index (χ1) is 40.0. The Morgan fingerprint density at radius 1 is 0.247 bits per heavy atom. The van der Waals surface area contributed by atoms with Crippen molar-refractivity contribution in [2.24, 2.45) is 0 Å². The van der Waals surface area contributed by atoms with Gasteiger partial charge in [0.25, 0.3) is 0 Å². The third-order valence-corrected chi connectivity index (χ3v) is 16.3. The van der Waals surface area contributed by atoms with Crippen molar-refractivity contribution >= 4 is 17.9 Å². The van der Waals surface area contributed by atoms with Gasteiger partial charge < -0.3 is 14.2 Å². The van der Waals surface area contributed by atoms with E-state index in [1.54, 1.807) is 0 Å². The molecule has 81 heavy (non-hydrogen) atoms. The van der Waals surface area contributed by atoms with Crippen molar-refractivity contribution < 1.29 is 28.6 Å². The van der Waals surface area contributed by atoms with Crippen LogP contribution in [0.15, 0.2) is 48.6 Å². The van der Waals surface area contributed by atoms with Crippen LogP contribution in [-0.2, 0) is 28.6 Å². The van der Waals surface area contributed by atoms with Gasteiger partial charge in [-0.1, -0.05) is 339 Å². The van der Waals surface area contributed by atoms with Crippen LogP contribution in [0.5, 0.6) is 0 Å². The van der Waals surface area contributed by atoms with E-state index in [9.17, 15) is 14.4 Å². The number of allylic oxidation sites excluding steroid dienone is 8. The number of hydrogen-bond acceptors (Lipinski definition) is 6. The molecule has 0 rings (SSSR count). The van der Waals surface area contributed by atoms with Crippen LogP contribution in [0, 0.1) is 0 Å². The highest BCUT2D eigenvalue weighted by Gasteiger charge is 2.19. The zero-order chi connectivity index (χ0) is 58.5. The number of esters is 3. The largest absolute Gasteiger partial charge is 0.462 e. The number of rotatable bonds is 67. The molecule has 0 aliphatic carbocycles. The third kappa shape index (κ3) is 68.0. The SMILES string of the molecule is CCCCCCC/C=C\C/C=C\C/C=C\CCCCCCCCCCCCCCCCCCCCC(=O)OCC(COC(=O)CCCCCCCCCCCCCCCC)OC(=O)CCCCCCC/C=C\CCCCCCCCC. The molecule has 0 radical (unpaired) electrons. The lowest BCUT2D eigenvalue weighted by Gasteiger charge is -2.18. The van der Waals surface area contributed by atoms with Crippen molar-refractivity contribution in [2.75, 3.05) is 13.2 Å². The summed E-state index contributed by atoms with van der Waals surface area (Å²) in [6.07, 6.45) is 88.6. The number of unbranched alkanes of at least 4 members (excludes halogenated alkanes) is 48. The Bertz CT molecular complexity index is 1400. The molecule has 0 aromatic carbocycles. The van der Waals surface area contributed by atoms with Crippen molar-refractivity contribution in [3.63, 3.8) is 0 Å². The predicted molar refractivity (Wildman–Crippen MR) is 353 cm³/mol. The molecular weight excluding hydrogens is 997 g/mol. The minimum absolute atomic E-state index is 0.0704. The lowest BCUT2D eigenvalue weighted by molar-refractivity contribution is -0.167. The average Bonchev–Trinajstić information content (AvgIpc) is 3.47. The molecule has 0 N–H and O–H groups in total. The number of ether oxygens (including phenoxy) is 3. The van der Waals surface area contributed by atoms with Crippen LogP contribution in [-0.4, -0.2) is 37.2 Å². The summed E-state index contributed by atoms with van der Waals surface area (Å²) in [5.74, 6) is -0.851. The molecule has 0 saturated heterocycles. The monoisotopic (exact) mass is 1140 g/mol. The lowest BCUT2D eigenvalue weighted by atomic mass is 10.0. The summed E-state index contributed by atoms with van der Waals surface area (Å²) in [5, 5.41) is 0. The predicted octanol–water partition coefficient (Wildman–Crippen LogP) is 24.9. The van der Waals surface area contributed by atoms with Gasteiger partial charge in [-0.15, -0.1) is 0 Å². The minimum Gasteiger partial charge on any atom is -0.462 e. The lowest BCUT2D eigenvalue weighted by Crippen LogP contribution is -2.30. The Morgan fingerprint density at radius 2 is 0.444 bits per heavy atom. The standard InChI is InChI=1S/C75H138O6/c1-4-7-10-13-16-19-22-25-28-30-31-32-33-34-35-36-37-38-39-40-41-42-43-44-45-46-48-50-53-56-59-62-65-68-74(77)80-71-72(70-79-73(76)67-64-61-58-55-52-49-27-24-21-18-15-12-9-6-3)81-75(78)69-66-63-60-57-54-51-47-29-26-23-20-17-14-11-8-5-2/h22,25,29-31,33-34,47,72H,4-21,23-24,26-28,32,35-46,48-71H2,1-3H3/b25-22-,31-30-,34-33-,47-29-. The van der Waals surface area contributed by atoms with Crippen molar-refractivity contribution in [2.45, 2.75) is 399 Å². The molecule has 0 spiro atoms. The Labute approximate surface area is 505 Å². The second-order valence-corrected chi connectivity index (χ2v) is 24.5. The summed E-state index contributed by atoms with van der Waals surface area (Å²) in [4.78, 5) is 38.4. The van der Waals surface area contributed by atoms with E-state index in [1.165, 1.54) is 276 Å². The van der Waals surface area contributed by atoms with Crippen LogP contribution in [0.25, 0.3) is 0 Å². The smallest absolute Gasteiger partial charge is 0.306 e. The highest BCUT2D eigenvalue weighted by molar-refractivity contribution is 5.71. The molecule has 6 nitrogen and oxygen atoms in total. The molecule has 0 aliphatic rings. The second-order valence-electron chi connectivity index (χ2n) is 24.5. The molecule has 0 aromatic rings. The van der Waals surface area contributed by atoms with Crippen molar-refractivity contribution in [1.82, 2.24) is 0 Å². The Balaban J connectivity index is 4.14. The van der Waals surface area contributed by atoms with Crippen LogP contribution < -0.4 is 0 Å². The third-order valence-electron chi connectivity index (χ3n) is 16.3. The van der Waals surface area contributed by atoms with E-state index in [0.717, 1.165) is 77.0 Å². The number of carbonyl (C=O) groups excluding carboxylic acids is 3. The number of carbonyl (C=O) groups is 3. The average molecular weight is 1140 g/mol. The maximum Gasteiger partial charge on any atom is 0.306 e. The first kappa shape index (κ1) is 78.4. The fraction of sp³-hybridized carbons (Fsp3) is 0.853. The minimum atomic E-state index is -0.774. The molecule has 474 valence electrons. The van der Waals surface area contributed by atoms with E-state index < -0.39 is 6.10 Å². The highest BCUT2D eigenvalue weighted by atomic mass is 16.6. The molecule has 0 aliphatic heterocycles. The second kappa shape index (κ2) is 69.9. The quantitative estimate of drug-likeness (QED) is 0.0261. The van der Waals surface area contributed by atoms with Gasteiger partial charge >= 0.3 is 17.9 Å². The van der Waals surface area contributed by atoms with Gasteiger partial charge in [0.05, 0.1) is 0 Å². The Morgan fingerprint density at radius 3 is 0.704 bits per heavy atom. The van der Waals surface area contributed by atoms with Gasteiger partial charge in [0, 0.05) is 19.3 Å². The summed E-state index contributed by atoms with van der Waals surface area (Å²) in [6.45, 7) is 6.68. The van der Waals surface area contributed by atoms with E-state index in [-0.39, 0.29) is 31.1 Å². The molecule has 1 unspecified atom stereocenters. The summed E-state index contributed by atoms with van der Waals surface area (Å²) in [7, 11) is 0. The molecule has 0 amide bonds. The Kier molecular flexibility index (Phi) is 67.6. The maximum atomic E-state index is 12.9. The highest BCUT2D eigenvalue weighted by Crippen LogP contribution is 2.18. The maximum absolute atomic E-state index is 12.9. The molecule has 0 saturated carbocycles. The summed E-state index contributed by atoms with van der Waals surface area (Å²) in [6, 6.07) is 0. The van der Waals surface area contributed by atoms with E-state index in [0.29, 0.717) is 19.3 Å². The zero-order valence-corrected chi connectivity index (χ0v) is 54.6. The first-order valence-electron chi connectivity index (χ1n) is 36.1. The molecule has 0 aromatic heterocycles. The van der Waals surface area contributed by atoms with Crippen molar-refractivity contribution in [3.05, 3.63) is 48.6 Å². The van der Waals surface area contributed by atoms with Crippen molar-refractivity contribution in [1.29, 1.82) is 0 Å². The van der Waals surface area contributed by atoms with Crippen LogP contribution in [0.2, 0.25) is 0 Å². The molecular formula is C75H138O6. The van der Waals surface area contributed by atoms with Gasteiger partial charge in [-0.3, -0.25) is 14.4 Å². The summed E-state index contributed by atoms with van der Waals surface area (Å²) in [5.41, 5.74) is 0. The van der Waals surface area contributed by atoms with Crippen molar-refractivity contribution in [3.8, 4) is 0 Å². The fourth-order valence-electron chi connectivity index (χ4n) is 10.9. The topological polar surface area (TPSA) is 78.9 Å². The van der Waals surface area contributed by atoms with Gasteiger partial charge in [-0.05, 0) is 83.5 Å². The zero-order valence-electron chi connectivity index (χ0n) is 54.6.